The van der Waals surface area contributed by atoms with E-state index in [2.05, 4.69) is 9.22 Å². The Bertz CT molecular complexity index is 186. The Hall–Kier alpha value is -0.170. The fourth-order valence-electron chi connectivity index (χ4n) is 0.393. The second-order valence-corrected chi connectivity index (χ2v) is 3.76. The van der Waals surface area contributed by atoms with Crippen molar-refractivity contribution in [1.82, 2.24) is 0 Å². The largest absolute Gasteiger partial charge is 0.379 e. The molecule has 5 nitrogen and oxygen atoms in total. The van der Waals surface area contributed by atoms with Crippen LogP contribution in [-0.4, -0.2) is 34.0 Å². The summed E-state index contributed by atoms with van der Waals surface area (Å²) in [7, 11) is -3.48. The molecule has 74 valence electrons. The average molecular weight is 198 g/mol. The maximum atomic E-state index is 10.6. The van der Waals surface area contributed by atoms with E-state index in [0.717, 1.165) is 0 Å². The van der Waals surface area contributed by atoms with Crippen LogP contribution in [0.15, 0.2) is 0 Å². The van der Waals surface area contributed by atoms with Crippen LogP contribution in [-0.2, 0) is 24.1 Å². The smallest absolute Gasteiger partial charge is 0.293 e. The van der Waals surface area contributed by atoms with Gasteiger partial charge in [-0.25, -0.2) is 4.89 Å². The molecule has 0 heterocycles. The van der Waals surface area contributed by atoms with Crippen molar-refractivity contribution in [2.75, 3.05) is 25.6 Å². The third kappa shape index (κ3) is 6.53. The molecule has 0 aromatic carbocycles. The molecule has 0 rings (SSSR count). The summed E-state index contributed by atoms with van der Waals surface area (Å²) in [6.45, 7) is 4.33. The molecule has 12 heavy (non-hydrogen) atoms. The predicted molar refractivity (Wildman–Crippen MR) is 43.0 cm³/mol. The summed E-state index contributed by atoms with van der Waals surface area (Å²) >= 11 is 0. The molecule has 0 unspecified atom stereocenters. The van der Waals surface area contributed by atoms with Gasteiger partial charge in [0, 0.05) is 6.61 Å². The molecule has 0 amide bonds. The second-order valence-electron chi connectivity index (χ2n) is 1.93. The van der Waals surface area contributed by atoms with Crippen LogP contribution in [0.3, 0.4) is 0 Å². The molecule has 0 saturated heterocycles. The Balaban J connectivity index is 3.32. The van der Waals surface area contributed by atoms with Crippen molar-refractivity contribution >= 4 is 10.1 Å². The van der Waals surface area contributed by atoms with Crippen LogP contribution in [0.5, 0.6) is 0 Å². The molecule has 0 aliphatic heterocycles. The van der Waals surface area contributed by atoms with Crippen LogP contribution >= 0.6 is 0 Å². The van der Waals surface area contributed by atoms with E-state index in [1.807, 2.05) is 6.92 Å². The van der Waals surface area contributed by atoms with Crippen molar-refractivity contribution in [2.45, 2.75) is 13.8 Å². The second kappa shape index (κ2) is 6.36. The van der Waals surface area contributed by atoms with Gasteiger partial charge in [0.1, 0.15) is 6.61 Å². The Morgan fingerprint density at radius 1 is 1.17 bits per heavy atom. The Morgan fingerprint density at radius 3 is 2.33 bits per heavy atom. The van der Waals surface area contributed by atoms with Crippen LogP contribution in [0.1, 0.15) is 13.8 Å². The van der Waals surface area contributed by atoms with E-state index in [-0.39, 0.29) is 12.4 Å². The zero-order valence-electron chi connectivity index (χ0n) is 7.28. The van der Waals surface area contributed by atoms with E-state index in [9.17, 15) is 8.42 Å². The maximum Gasteiger partial charge on any atom is 0.293 e. The highest BCUT2D eigenvalue weighted by Crippen LogP contribution is 1.92. The van der Waals surface area contributed by atoms with Gasteiger partial charge in [-0.3, -0.25) is 0 Å². The molecule has 0 aliphatic carbocycles. The van der Waals surface area contributed by atoms with Crippen LogP contribution in [0.2, 0.25) is 0 Å². The van der Waals surface area contributed by atoms with Crippen LogP contribution < -0.4 is 0 Å². The molecule has 0 atom stereocenters. The molecule has 0 aromatic heterocycles. The summed E-state index contributed by atoms with van der Waals surface area (Å²) in [5.74, 6) is -0.0956. The molecule has 6 heteroatoms. The lowest BCUT2D eigenvalue weighted by Gasteiger charge is -2.02. The van der Waals surface area contributed by atoms with E-state index in [1.54, 1.807) is 0 Å². The molecule has 0 fully saturated rings. The first-order valence-electron chi connectivity index (χ1n) is 3.74. The van der Waals surface area contributed by atoms with Gasteiger partial charge < -0.3 is 4.74 Å². The molecule has 0 bridgehead atoms. The summed E-state index contributed by atoms with van der Waals surface area (Å²) in [6.07, 6.45) is 0. The van der Waals surface area contributed by atoms with E-state index in [1.165, 1.54) is 6.92 Å². The fourth-order valence-corrected chi connectivity index (χ4v) is 0.704. The van der Waals surface area contributed by atoms with Gasteiger partial charge in [-0.15, -0.1) is 4.33 Å². The lowest BCUT2D eigenvalue weighted by Crippen LogP contribution is -2.11. The van der Waals surface area contributed by atoms with E-state index in [0.29, 0.717) is 13.2 Å². The number of ether oxygens (including phenoxy) is 1. The molecule has 0 saturated carbocycles. The van der Waals surface area contributed by atoms with Gasteiger partial charge in [0.15, 0.2) is 0 Å². The zero-order valence-corrected chi connectivity index (χ0v) is 8.09. The van der Waals surface area contributed by atoms with Crippen LogP contribution in [0.25, 0.3) is 0 Å². The molecule has 0 spiro atoms. The zero-order chi connectivity index (χ0) is 9.45. The van der Waals surface area contributed by atoms with E-state index >= 15 is 0 Å². The highest BCUT2D eigenvalue weighted by molar-refractivity contribution is 7.86. The average Bonchev–Trinajstić information content (AvgIpc) is 2.04. The Labute approximate surface area is 72.7 Å². The van der Waals surface area contributed by atoms with Gasteiger partial charge in [0.2, 0.25) is 0 Å². The lowest BCUT2D eigenvalue weighted by molar-refractivity contribution is -0.209. The molecule has 0 aliphatic rings. The van der Waals surface area contributed by atoms with Gasteiger partial charge >= 0.3 is 0 Å². The first-order chi connectivity index (χ1) is 5.62. The fraction of sp³-hybridized carbons (Fsp3) is 1.00. The number of rotatable bonds is 7. The third-order valence-electron chi connectivity index (χ3n) is 1.02. The first kappa shape index (κ1) is 11.8. The van der Waals surface area contributed by atoms with Crippen LogP contribution in [0, 0.1) is 0 Å². The van der Waals surface area contributed by atoms with Gasteiger partial charge in [-0.1, -0.05) is 0 Å². The monoisotopic (exact) mass is 198 g/mol. The molecular formula is C6H14O5S. The SMILES string of the molecule is CCOCCOOS(=O)(=O)CC. The first-order valence-corrected chi connectivity index (χ1v) is 5.31. The van der Waals surface area contributed by atoms with Gasteiger partial charge in [-0.05, 0) is 13.8 Å². The highest BCUT2D eigenvalue weighted by Gasteiger charge is 2.07. The molecule has 0 N–H and O–H groups in total. The summed E-state index contributed by atoms with van der Waals surface area (Å²) in [6, 6.07) is 0. The normalized spacial score (nSPS) is 11.8. The summed E-state index contributed by atoms with van der Waals surface area (Å²) in [5, 5.41) is 0. The molecular weight excluding hydrogens is 184 g/mol. The molecule has 0 aromatic rings. The van der Waals surface area contributed by atoms with Crippen molar-refractivity contribution in [3.8, 4) is 0 Å². The standard InChI is InChI=1S/C6H14O5S/c1-3-9-5-6-10-11-12(7,8)4-2/h3-6H2,1-2H3. The van der Waals surface area contributed by atoms with Gasteiger partial charge in [-0.2, -0.15) is 8.42 Å². The van der Waals surface area contributed by atoms with Crippen molar-refractivity contribution in [1.29, 1.82) is 0 Å². The minimum absolute atomic E-state index is 0.0956. The van der Waals surface area contributed by atoms with Gasteiger partial charge in [0.25, 0.3) is 10.1 Å². The van der Waals surface area contributed by atoms with Crippen molar-refractivity contribution in [3.05, 3.63) is 0 Å². The van der Waals surface area contributed by atoms with Gasteiger partial charge in [0.05, 0.1) is 12.4 Å². The quantitative estimate of drug-likeness (QED) is 0.335. The topological polar surface area (TPSA) is 61.8 Å². The van der Waals surface area contributed by atoms with Crippen molar-refractivity contribution in [3.63, 3.8) is 0 Å². The number of hydrogen-bond acceptors (Lipinski definition) is 5. The highest BCUT2D eigenvalue weighted by atomic mass is 32.2. The minimum Gasteiger partial charge on any atom is -0.379 e. The summed E-state index contributed by atoms with van der Waals surface area (Å²) in [5.41, 5.74) is 0. The predicted octanol–water partition coefficient (Wildman–Crippen LogP) is 0.321. The third-order valence-corrected chi connectivity index (χ3v) is 2.03. The summed E-state index contributed by atoms with van der Waals surface area (Å²) < 4.78 is 30.3. The summed E-state index contributed by atoms with van der Waals surface area (Å²) in [4.78, 5) is 4.38. The molecule has 0 radical (unpaired) electrons. The Morgan fingerprint density at radius 2 is 1.83 bits per heavy atom. The van der Waals surface area contributed by atoms with Crippen molar-refractivity contribution < 1.29 is 22.4 Å². The Kier molecular flexibility index (Phi) is 6.27. The van der Waals surface area contributed by atoms with E-state index in [4.69, 9.17) is 4.74 Å². The minimum atomic E-state index is -3.48. The van der Waals surface area contributed by atoms with E-state index < -0.39 is 10.1 Å². The maximum absolute atomic E-state index is 10.6. The van der Waals surface area contributed by atoms with Crippen molar-refractivity contribution in [2.24, 2.45) is 0 Å². The lowest BCUT2D eigenvalue weighted by atomic mass is 10.8. The van der Waals surface area contributed by atoms with Crippen LogP contribution in [0.4, 0.5) is 0 Å². The number of hydrogen-bond donors (Lipinski definition) is 0.